The molecule has 0 bridgehead atoms. The maximum absolute atomic E-state index is 12.0. The number of carbonyl (C=O) groups is 1. The fourth-order valence-corrected chi connectivity index (χ4v) is 2.79. The van der Waals surface area contributed by atoms with E-state index in [9.17, 15) is 9.59 Å². The molecule has 0 aliphatic carbocycles. The highest BCUT2D eigenvalue weighted by atomic mass is 35.5. The molecule has 2 heterocycles. The van der Waals surface area contributed by atoms with Gasteiger partial charge in [0.2, 0.25) is 5.91 Å². The Labute approximate surface area is 144 Å². The molecule has 0 spiro atoms. The number of hydrogen-bond donors (Lipinski definition) is 1. The lowest BCUT2D eigenvalue weighted by atomic mass is 10.2. The molecular formula is C15H9ClN4O3S. The van der Waals surface area contributed by atoms with Crippen LogP contribution in [0.4, 0.5) is 5.69 Å². The highest BCUT2D eigenvalue weighted by Gasteiger charge is 2.14. The molecule has 120 valence electrons. The lowest BCUT2D eigenvalue weighted by Gasteiger charge is -2.05. The van der Waals surface area contributed by atoms with E-state index in [0.717, 1.165) is 4.68 Å². The number of carbonyl (C=O) groups excluding carboxylic acids is 1. The molecule has 0 saturated heterocycles. The van der Waals surface area contributed by atoms with Crippen molar-refractivity contribution in [2.75, 3.05) is 5.32 Å². The molecule has 0 unspecified atom stereocenters. The van der Waals surface area contributed by atoms with Crippen LogP contribution in [0, 0.1) is 11.3 Å². The number of nitriles is 1. The van der Waals surface area contributed by atoms with Crippen molar-refractivity contribution >= 4 is 34.5 Å². The number of aromatic nitrogens is 2. The molecule has 24 heavy (non-hydrogen) atoms. The summed E-state index contributed by atoms with van der Waals surface area (Å²) in [5, 5.41) is 17.5. The zero-order valence-corrected chi connectivity index (χ0v) is 13.6. The number of thiophene rings is 1. The van der Waals surface area contributed by atoms with Crippen LogP contribution in [0.3, 0.4) is 0 Å². The molecule has 3 rings (SSSR count). The molecule has 0 aliphatic rings. The third-order valence-electron chi connectivity index (χ3n) is 3.00. The smallest absolute Gasteiger partial charge is 0.387 e. The quantitative estimate of drug-likeness (QED) is 0.770. The monoisotopic (exact) mass is 360 g/mol. The molecular weight excluding hydrogens is 352 g/mol. The van der Waals surface area contributed by atoms with Gasteiger partial charge in [-0.1, -0.05) is 17.7 Å². The van der Waals surface area contributed by atoms with Gasteiger partial charge in [-0.3, -0.25) is 4.79 Å². The highest BCUT2D eigenvalue weighted by Crippen LogP contribution is 2.21. The van der Waals surface area contributed by atoms with Crippen molar-refractivity contribution in [3.8, 4) is 16.8 Å². The Hall–Kier alpha value is -2.89. The topological polar surface area (TPSA) is 101 Å². The normalized spacial score (nSPS) is 10.3. The Balaban J connectivity index is 1.73. The Kier molecular flexibility index (Phi) is 4.46. The van der Waals surface area contributed by atoms with Crippen molar-refractivity contribution in [2.45, 2.75) is 6.54 Å². The van der Waals surface area contributed by atoms with E-state index in [4.69, 9.17) is 21.3 Å². The van der Waals surface area contributed by atoms with Crippen LogP contribution in [0.25, 0.3) is 10.8 Å². The van der Waals surface area contributed by atoms with Crippen molar-refractivity contribution in [2.24, 2.45) is 0 Å². The minimum Gasteiger partial charge on any atom is -0.387 e. The van der Waals surface area contributed by atoms with Gasteiger partial charge in [0, 0.05) is 5.69 Å². The molecule has 0 radical (unpaired) electrons. The van der Waals surface area contributed by atoms with Gasteiger partial charge in [0.25, 0.3) is 5.89 Å². The number of nitrogens with one attached hydrogen (secondary N) is 1. The Morgan fingerprint density at radius 3 is 2.96 bits per heavy atom. The number of halogens is 1. The Bertz CT molecular complexity index is 985. The number of amides is 1. The number of anilines is 1. The largest absolute Gasteiger partial charge is 0.437 e. The number of nitrogens with zero attached hydrogens (tertiary/aromatic N) is 3. The van der Waals surface area contributed by atoms with E-state index < -0.39 is 11.7 Å². The zero-order valence-electron chi connectivity index (χ0n) is 12.0. The maximum Gasteiger partial charge on any atom is 0.437 e. The first-order valence-corrected chi connectivity index (χ1v) is 7.94. The standard InChI is InChI=1S/C15H9ClN4O3S/c16-11-6-10(4-3-9(11)7-17)18-13(21)8-20-15(22)23-14(19-20)12-2-1-5-24-12/h1-6H,8H2,(H,18,21). The molecule has 9 heteroatoms. The van der Waals surface area contributed by atoms with Gasteiger partial charge in [-0.2, -0.15) is 9.94 Å². The average molecular weight is 361 g/mol. The van der Waals surface area contributed by atoms with E-state index in [1.54, 1.807) is 18.2 Å². The molecule has 1 aromatic carbocycles. The summed E-state index contributed by atoms with van der Waals surface area (Å²) in [6.07, 6.45) is 0. The SMILES string of the molecule is N#Cc1ccc(NC(=O)Cn2nc(-c3cccs3)oc2=O)cc1Cl. The van der Waals surface area contributed by atoms with Gasteiger partial charge < -0.3 is 9.73 Å². The van der Waals surface area contributed by atoms with Gasteiger partial charge in [-0.25, -0.2) is 4.79 Å². The van der Waals surface area contributed by atoms with Crippen molar-refractivity contribution in [1.29, 1.82) is 5.26 Å². The second-order valence-electron chi connectivity index (χ2n) is 4.66. The van der Waals surface area contributed by atoms with Crippen molar-refractivity contribution in [3.63, 3.8) is 0 Å². The summed E-state index contributed by atoms with van der Waals surface area (Å²) >= 11 is 7.28. The minimum atomic E-state index is -0.716. The molecule has 0 fully saturated rings. The van der Waals surface area contributed by atoms with E-state index >= 15 is 0 Å². The van der Waals surface area contributed by atoms with Crippen LogP contribution in [0.1, 0.15) is 5.56 Å². The van der Waals surface area contributed by atoms with E-state index in [2.05, 4.69) is 10.4 Å². The van der Waals surface area contributed by atoms with Crippen LogP contribution in [0.2, 0.25) is 5.02 Å². The summed E-state index contributed by atoms with van der Waals surface area (Å²) in [6.45, 7) is -0.300. The molecule has 1 amide bonds. The van der Waals surface area contributed by atoms with Gasteiger partial charge in [0.05, 0.1) is 15.5 Å². The minimum absolute atomic E-state index is 0.171. The van der Waals surface area contributed by atoms with Crippen LogP contribution in [-0.2, 0) is 11.3 Å². The molecule has 1 N–H and O–H groups in total. The lowest BCUT2D eigenvalue weighted by molar-refractivity contribution is -0.117. The predicted molar refractivity (Wildman–Crippen MR) is 88.9 cm³/mol. The molecule has 3 aromatic rings. The van der Waals surface area contributed by atoms with E-state index in [1.165, 1.54) is 23.5 Å². The fourth-order valence-electron chi connectivity index (χ4n) is 1.93. The summed E-state index contributed by atoms with van der Waals surface area (Å²) < 4.78 is 5.97. The van der Waals surface area contributed by atoms with Crippen LogP contribution in [0.5, 0.6) is 0 Å². The third kappa shape index (κ3) is 3.37. The van der Waals surface area contributed by atoms with E-state index in [0.29, 0.717) is 16.1 Å². The second-order valence-corrected chi connectivity index (χ2v) is 6.02. The Morgan fingerprint density at radius 1 is 1.46 bits per heavy atom. The fraction of sp³-hybridized carbons (Fsp3) is 0.0667. The highest BCUT2D eigenvalue weighted by molar-refractivity contribution is 7.13. The summed E-state index contributed by atoms with van der Waals surface area (Å²) in [7, 11) is 0. The van der Waals surface area contributed by atoms with Crippen molar-refractivity contribution < 1.29 is 9.21 Å². The zero-order chi connectivity index (χ0) is 17.1. The van der Waals surface area contributed by atoms with Crippen LogP contribution < -0.4 is 11.1 Å². The predicted octanol–water partition coefficient (Wildman–Crippen LogP) is 2.73. The first kappa shape index (κ1) is 16.0. The molecule has 0 atom stereocenters. The van der Waals surface area contributed by atoms with Crippen LogP contribution >= 0.6 is 22.9 Å². The number of benzene rings is 1. The maximum atomic E-state index is 12.0. The first-order valence-electron chi connectivity index (χ1n) is 6.68. The molecule has 2 aromatic heterocycles. The molecule has 7 nitrogen and oxygen atoms in total. The van der Waals surface area contributed by atoms with Crippen molar-refractivity contribution in [1.82, 2.24) is 9.78 Å². The summed E-state index contributed by atoms with van der Waals surface area (Å²) in [5.41, 5.74) is 0.724. The first-order chi connectivity index (χ1) is 11.6. The van der Waals surface area contributed by atoms with Gasteiger partial charge in [0.15, 0.2) is 0 Å². The van der Waals surface area contributed by atoms with Crippen LogP contribution in [0.15, 0.2) is 44.9 Å². The number of hydrogen-bond acceptors (Lipinski definition) is 6. The van der Waals surface area contributed by atoms with Gasteiger partial charge in [0.1, 0.15) is 12.6 Å². The summed E-state index contributed by atoms with van der Waals surface area (Å²) in [4.78, 5) is 24.5. The van der Waals surface area contributed by atoms with Gasteiger partial charge in [-0.15, -0.1) is 16.4 Å². The third-order valence-corrected chi connectivity index (χ3v) is 4.18. The Morgan fingerprint density at radius 2 is 2.29 bits per heavy atom. The summed E-state index contributed by atoms with van der Waals surface area (Å²) in [6, 6.07) is 10.00. The molecule has 0 aliphatic heterocycles. The lowest BCUT2D eigenvalue weighted by Crippen LogP contribution is -2.25. The van der Waals surface area contributed by atoms with E-state index in [1.807, 2.05) is 11.4 Å². The average Bonchev–Trinajstić information content (AvgIpc) is 3.18. The van der Waals surface area contributed by atoms with Gasteiger partial charge >= 0.3 is 5.76 Å². The van der Waals surface area contributed by atoms with Crippen LogP contribution in [-0.4, -0.2) is 15.7 Å². The van der Waals surface area contributed by atoms with Crippen molar-refractivity contribution in [3.05, 3.63) is 56.8 Å². The van der Waals surface area contributed by atoms with Gasteiger partial charge in [-0.05, 0) is 29.6 Å². The van der Waals surface area contributed by atoms with E-state index in [-0.39, 0.29) is 17.5 Å². The second kappa shape index (κ2) is 6.70. The molecule has 0 saturated carbocycles. The number of rotatable bonds is 4. The summed E-state index contributed by atoms with van der Waals surface area (Å²) in [5.74, 6) is -1.01.